The van der Waals surface area contributed by atoms with Crippen LogP contribution in [0.4, 0.5) is 0 Å². The lowest BCUT2D eigenvalue weighted by Crippen LogP contribution is -2.63. The molecule has 2 saturated heterocycles. The maximum atomic E-state index is 14.6. The standard InChI is InChI=1S/C40H61N13O7/c1-22(54)31-36(58)52-32(23-10-3-2-4-11-23)37(59)49-28(15-8-18-46-40(43)44)33(55)48-27(14-7-17-45-39(41)42)34(56)50-29(20-24-21-47-26-13-6-5-12-25(24)26)38(60)53-19-9-16-30(53)35(57)51-31/h5-6,12-13,21-23,27-32,47,54H,2-4,7-11,14-20H2,1H3,(H,48,55)(H,49,59)(H,50,56)(H,51,57)(H,52,58)(H4,41,42,45)(H4,43,44,46)/t22-,27+,28-,29+,30-,31+,32?/m1/s1. The predicted molar refractivity (Wildman–Crippen MR) is 224 cm³/mol. The van der Waals surface area contributed by atoms with Crippen molar-refractivity contribution < 1.29 is 33.9 Å². The first-order valence-corrected chi connectivity index (χ1v) is 20.9. The minimum absolute atomic E-state index is 0.0266. The van der Waals surface area contributed by atoms with E-state index in [0.717, 1.165) is 35.7 Å². The first kappa shape index (κ1) is 45.2. The highest BCUT2D eigenvalue weighted by atomic mass is 16.3. The molecule has 0 spiro atoms. The molecule has 20 nitrogen and oxygen atoms in total. The largest absolute Gasteiger partial charge is 0.391 e. The highest BCUT2D eigenvalue weighted by molar-refractivity contribution is 5.99. The minimum atomic E-state index is -1.48. The second kappa shape index (κ2) is 21.4. The van der Waals surface area contributed by atoms with Gasteiger partial charge >= 0.3 is 0 Å². The SMILES string of the molecule is C[C@@H](O)[C@@H]1NC(=O)[C@H]2CCCN2C(=O)[C@H](Cc2c[nH]c3ccccc23)NC(=O)[C@H](CCCN=C(N)N)NC(=O)[C@@H](CCCN=C(N)N)NC(=O)C(C2CCCCC2)NC1=O. The predicted octanol–water partition coefficient (Wildman–Crippen LogP) is -1.79. The first-order valence-electron chi connectivity index (χ1n) is 20.9. The fourth-order valence-electron chi connectivity index (χ4n) is 8.34. The number of aliphatic imine (C=N–C) groups is 2. The van der Waals surface area contributed by atoms with Crippen LogP contribution in [0.2, 0.25) is 0 Å². The van der Waals surface area contributed by atoms with Gasteiger partial charge in [-0.05, 0) is 75.8 Å². The molecule has 3 aliphatic rings. The number of nitrogens with one attached hydrogen (secondary N) is 6. The molecule has 1 aliphatic carbocycles. The van der Waals surface area contributed by atoms with Crippen LogP contribution in [0.5, 0.6) is 0 Å². The number of aliphatic hydroxyl groups is 1. The average molecular weight is 836 g/mol. The Labute approximate surface area is 348 Å². The molecule has 1 aromatic carbocycles. The molecule has 2 aromatic rings. The van der Waals surface area contributed by atoms with Crippen LogP contribution < -0.4 is 49.5 Å². The number of para-hydroxylation sites is 1. The summed E-state index contributed by atoms with van der Waals surface area (Å²) in [6, 6.07) is 0.197. The van der Waals surface area contributed by atoms with Crippen molar-refractivity contribution in [2.75, 3.05) is 19.6 Å². The summed E-state index contributed by atoms with van der Waals surface area (Å²) in [4.78, 5) is 98.3. The molecule has 3 heterocycles. The number of benzene rings is 1. The van der Waals surface area contributed by atoms with Crippen molar-refractivity contribution in [3.05, 3.63) is 36.0 Å². The Morgan fingerprint density at radius 2 is 1.33 bits per heavy atom. The zero-order valence-corrected chi connectivity index (χ0v) is 34.2. The molecule has 0 bridgehead atoms. The number of carbonyl (C=O) groups is 6. The van der Waals surface area contributed by atoms with Crippen molar-refractivity contribution in [3.63, 3.8) is 0 Å². The molecule has 1 unspecified atom stereocenters. The van der Waals surface area contributed by atoms with Gasteiger partial charge in [0.1, 0.15) is 36.3 Å². The summed E-state index contributed by atoms with van der Waals surface area (Å²) in [5, 5.41) is 25.6. The van der Waals surface area contributed by atoms with Gasteiger partial charge in [-0.3, -0.25) is 38.8 Å². The molecule has 7 atom stereocenters. The van der Waals surface area contributed by atoms with Gasteiger partial charge in [-0.25, -0.2) is 0 Å². The lowest BCUT2D eigenvalue weighted by Gasteiger charge is -2.34. The highest BCUT2D eigenvalue weighted by Gasteiger charge is 2.42. The number of guanidine groups is 2. The van der Waals surface area contributed by atoms with Crippen LogP contribution >= 0.6 is 0 Å². The number of amides is 6. The van der Waals surface area contributed by atoms with E-state index in [1.807, 2.05) is 24.3 Å². The van der Waals surface area contributed by atoms with Crippen LogP contribution in [0, 0.1) is 5.92 Å². The van der Waals surface area contributed by atoms with E-state index < -0.39 is 77.8 Å². The van der Waals surface area contributed by atoms with Gasteiger partial charge in [0.25, 0.3) is 0 Å². The molecule has 15 N–H and O–H groups in total. The second-order valence-electron chi connectivity index (χ2n) is 15.9. The van der Waals surface area contributed by atoms with E-state index in [1.165, 1.54) is 11.8 Å². The number of nitrogens with two attached hydrogens (primary N) is 4. The van der Waals surface area contributed by atoms with E-state index in [9.17, 15) is 33.9 Å². The number of carbonyl (C=O) groups excluding carboxylic acids is 6. The van der Waals surface area contributed by atoms with Crippen LogP contribution in [-0.4, -0.2) is 124 Å². The van der Waals surface area contributed by atoms with Crippen LogP contribution in [0.1, 0.15) is 83.1 Å². The van der Waals surface area contributed by atoms with Crippen molar-refractivity contribution >= 4 is 58.3 Å². The van der Waals surface area contributed by atoms with Gasteiger partial charge in [-0.1, -0.05) is 37.5 Å². The summed E-state index contributed by atoms with van der Waals surface area (Å²) in [7, 11) is 0. The second-order valence-corrected chi connectivity index (χ2v) is 15.9. The summed E-state index contributed by atoms with van der Waals surface area (Å²) in [5.74, 6) is -4.63. The topological polar surface area (TPSA) is 331 Å². The van der Waals surface area contributed by atoms with Crippen molar-refractivity contribution in [2.45, 2.75) is 126 Å². The molecule has 2 aliphatic heterocycles. The van der Waals surface area contributed by atoms with E-state index in [-0.39, 0.29) is 76.0 Å². The number of aromatic nitrogens is 1. The van der Waals surface area contributed by atoms with E-state index in [1.54, 1.807) is 6.20 Å². The van der Waals surface area contributed by atoms with E-state index in [2.05, 4.69) is 41.6 Å². The smallest absolute Gasteiger partial charge is 0.246 e. The summed E-state index contributed by atoms with van der Waals surface area (Å²) >= 11 is 0. The first-order chi connectivity index (χ1) is 28.7. The van der Waals surface area contributed by atoms with Crippen molar-refractivity contribution in [2.24, 2.45) is 38.8 Å². The molecule has 1 saturated carbocycles. The molecule has 0 radical (unpaired) electrons. The number of hydrogen-bond acceptors (Lipinski definition) is 9. The number of aliphatic hydroxyl groups excluding tert-OH is 1. The average Bonchev–Trinajstić information content (AvgIpc) is 3.88. The third kappa shape index (κ3) is 12.1. The zero-order chi connectivity index (χ0) is 43.3. The Bertz CT molecular complexity index is 1900. The Morgan fingerprint density at radius 1 is 0.733 bits per heavy atom. The molecule has 20 heteroatoms. The third-order valence-corrected chi connectivity index (χ3v) is 11.5. The molecule has 328 valence electrons. The van der Waals surface area contributed by atoms with Crippen LogP contribution in [0.15, 0.2) is 40.4 Å². The molecular weight excluding hydrogens is 775 g/mol. The number of fused-ring (bicyclic) bond motifs is 2. The van der Waals surface area contributed by atoms with Gasteiger partial charge in [0, 0.05) is 43.2 Å². The molecule has 1 aromatic heterocycles. The summed E-state index contributed by atoms with van der Waals surface area (Å²) in [5.41, 5.74) is 23.7. The Kier molecular flexibility index (Phi) is 16.1. The lowest BCUT2D eigenvalue weighted by molar-refractivity contribution is -0.143. The maximum Gasteiger partial charge on any atom is 0.246 e. The molecule has 6 amide bonds. The number of aromatic amines is 1. The van der Waals surface area contributed by atoms with Gasteiger partial charge < -0.3 is 64.5 Å². The van der Waals surface area contributed by atoms with Gasteiger partial charge in [0.05, 0.1) is 6.10 Å². The van der Waals surface area contributed by atoms with Gasteiger partial charge in [-0.15, -0.1) is 0 Å². The van der Waals surface area contributed by atoms with Crippen LogP contribution in [0.25, 0.3) is 10.9 Å². The van der Waals surface area contributed by atoms with Gasteiger partial charge in [-0.2, -0.15) is 0 Å². The number of H-pyrrole nitrogens is 1. The minimum Gasteiger partial charge on any atom is -0.391 e. The van der Waals surface area contributed by atoms with Crippen LogP contribution in [0.3, 0.4) is 0 Å². The number of rotatable bonds is 12. The molecule has 3 fully saturated rings. The monoisotopic (exact) mass is 835 g/mol. The quantitative estimate of drug-likeness (QED) is 0.0644. The van der Waals surface area contributed by atoms with Gasteiger partial charge in [0.2, 0.25) is 35.4 Å². The summed E-state index contributed by atoms with van der Waals surface area (Å²) in [6.45, 7) is 1.81. The normalized spacial score (nSPS) is 25.7. The Hall–Kier alpha value is -5.92. The molecule has 5 rings (SSSR count). The summed E-state index contributed by atoms with van der Waals surface area (Å²) < 4.78 is 0. The van der Waals surface area contributed by atoms with Gasteiger partial charge in [0.15, 0.2) is 11.9 Å². The van der Waals surface area contributed by atoms with Crippen LogP contribution in [-0.2, 0) is 35.2 Å². The fourth-order valence-corrected chi connectivity index (χ4v) is 8.34. The number of hydrogen-bond donors (Lipinski definition) is 11. The Morgan fingerprint density at radius 3 is 1.95 bits per heavy atom. The van der Waals surface area contributed by atoms with Crippen molar-refractivity contribution in [3.8, 4) is 0 Å². The van der Waals surface area contributed by atoms with Crippen molar-refractivity contribution in [1.82, 2.24) is 36.5 Å². The lowest BCUT2D eigenvalue weighted by atomic mass is 9.83. The fraction of sp³-hybridized carbons (Fsp3) is 0.600. The van der Waals surface area contributed by atoms with E-state index in [0.29, 0.717) is 19.3 Å². The molecule has 60 heavy (non-hydrogen) atoms. The van der Waals surface area contributed by atoms with Crippen molar-refractivity contribution in [1.29, 1.82) is 0 Å². The third-order valence-electron chi connectivity index (χ3n) is 11.5. The number of nitrogens with zero attached hydrogens (tertiary/aromatic N) is 3. The maximum absolute atomic E-state index is 14.6. The zero-order valence-electron chi connectivity index (χ0n) is 34.2. The van der Waals surface area contributed by atoms with E-state index >= 15 is 0 Å². The summed E-state index contributed by atoms with van der Waals surface area (Å²) in [6.07, 6.45) is 5.53. The Balaban J connectivity index is 1.55. The molecular formula is C40H61N13O7. The van der Waals surface area contributed by atoms with E-state index in [4.69, 9.17) is 22.9 Å². The highest BCUT2D eigenvalue weighted by Crippen LogP contribution is 2.28.